The maximum absolute atomic E-state index is 13.7. The third kappa shape index (κ3) is 3.64. The van der Waals surface area contributed by atoms with Crippen molar-refractivity contribution >= 4 is 17.3 Å². The van der Waals surface area contributed by atoms with Gasteiger partial charge in [-0.25, -0.2) is 4.39 Å². The SMILES string of the molecule is CCOc1ccc(NCc2ccc(Cl)cc2F)c(C)c1. The molecule has 2 aromatic carbocycles. The molecular weight excluding hydrogens is 277 g/mol. The Morgan fingerprint density at radius 1 is 1.20 bits per heavy atom. The van der Waals surface area contributed by atoms with Crippen LogP contribution in [0.5, 0.6) is 5.75 Å². The van der Waals surface area contributed by atoms with Crippen molar-refractivity contribution in [3.05, 3.63) is 58.4 Å². The summed E-state index contributed by atoms with van der Waals surface area (Å²) in [5.41, 5.74) is 2.61. The van der Waals surface area contributed by atoms with E-state index in [1.807, 2.05) is 32.0 Å². The molecule has 1 N–H and O–H groups in total. The predicted molar refractivity (Wildman–Crippen MR) is 81.1 cm³/mol. The first-order valence-electron chi connectivity index (χ1n) is 6.51. The summed E-state index contributed by atoms with van der Waals surface area (Å²) in [7, 11) is 0. The predicted octanol–water partition coefficient (Wildman–Crippen LogP) is 4.80. The number of benzene rings is 2. The van der Waals surface area contributed by atoms with Crippen LogP contribution in [-0.2, 0) is 6.54 Å². The fraction of sp³-hybridized carbons (Fsp3) is 0.250. The summed E-state index contributed by atoms with van der Waals surface area (Å²) in [6, 6.07) is 10.5. The Hall–Kier alpha value is -1.74. The van der Waals surface area contributed by atoms with E-state index >= 15 is 0 Å². The highest BCUT2D eigenvalue weighted by Crippen LogP contribution is 2.22. The van der Waals surface area contributed by atoms with Crippen LogP contribution in [0, 0.1) is 12.7 Å². The molecule has 0 aliphatic heterocycles. The second-order valence-electron chi connectivity index (χ2n) is 4.50. The van der Waals surface area contributed by atoms with Crippen LogP contribution >= 0.6 is 11.6 Å². The van der Waals surface area contributed by atoms with Crippen molar-refractivity contribution in [1.82, 2.24) is 0 Å². The van der Waals surface area contributed by atoms with Crippen molar-refractivity contribution in [2.45, 2.75) is 20.4 Å². The van der Waals surface area contributed by atoms with Gasteiger partial charge in [0.1, 0.15) is 11.6 Å². The molecule has 0 saturated carbocycles. The Morgan fingerprint density at radius 3 is 2.65 bits per heavy atom. The largest absolute Gasteiger partial charge is 0.494 e. The number of ether oxygens (including phenoxy) is 1. The smallest absolute Gasteiger partial charge is 0.129 e. The topological polar surface area (TPSA) is 21.3 Å². The van der Waals surface area contributed by atoms with Crippen molar-refractivity contribution in [3.8, 4) is 5.75 Å². The summed E-state index contributed by atoms with van der Waals surface area (Å²) in [6.45, 7) is 4.99. The van der Waals surface area contributed by atoms with Crippen LogP contribution in [0.2, 0.25) is 5.02 Å². The second kappa shape index (κ2) is 6.62. The van der Waals surface area contributed by atoms with Crippen molar-refractivity contribution in [1.29, 1.82) is 0 Å². The first-order valence-corrected chi connectivity index (χ1v) is 6.89. The monoisotopic (exact) mass is 293 g/mol. The highest BCUT2D eigenvalue weighted by atomic mass is 35.5. The first-order chi connectivity index (χ1) is 9.60. The molecule has 0 aliphatic carbocycles. The van der Waals surface area contributed by atoms with Crippen molar-refractivity contribution in [2.24, 2.45) is 0 Å². The van der Waals surface area contributed by atoms with E-state index < -0.39 is 0 Å². The summed E-state index contributed by atoms with van der Waals surface area (Å²) < 4.78 is 19.1. The van der Waals surface area contributed by atoms with Gasteiger partial charge in [0.05, 0.1) is 6.61 Å². The zero-order chi connectivity index (χ0) is 14.5. The minimum atomic E-state index is -0.298. The number of anilines is 1. The summed E-state index contributed by atoms with van der Waals surface area (Å²) >= 11 is 5.73. The molecule has 0 amide bonds. The van der Waals surface area contributed by atoms with Gasteiger partial charge in [0.2, 0.25) is 0 Å². The van der Waals surface area contributed by atoms with Crippen LogP contribution in [0.4, 0.5) is 10.1 Å². The standard InChI is InChI=1S/C16H17ClFNO/c1-3-20-14-6-7-16(11(2)8-14)19-10-12-4-5-13(17)9-15(12)18/h4-9,19H,3,10H2,1-2H3. The van der Waals surface area contributed by atoms with E-state index in [0.29, 0.717) is 23.7 Å². The number of hydrogen-bond donors (Lipinski definition) is 1. The van der Waals surface area contributed by atoms with Crippen molar-refractivity contribution in [2.75, 3.05) is 11.9 Å². The molecular formula is C16H17ClFNO. The maximum Gasteiger partial charge on any atom is 0.129 e. The maximum atomic E-state index is 13.7. The van der Waals surface area contributed by atoms with E-state index in [4.69, 9.17) is 16.3 Å². The molecule has 2 rings (SSSR count). The molecule has 0 aromatic heterocycles. The normalized spacial score (nSPS) is 10.4. The zero-order valence-electron chi connectivity index (χ0n) is 11.5. The summed E-state index contributed by atoms with van der Waals surface area (Å²) in [6.07, 6.45) is 0. The molecule has 0 fully saturated rings. The highest BCUT2D eigenvalue weighted by Gasteiger charge is 2.05. The molecule has 0 spiro atoms. The van der Waals surface area contributed by atoms with Crippen LogP contribution in [-0.4, -0.2) is 6.61 Å². The zero-order valence-corrected chi connectivity index (χ0v) is 12.3. The average molecular weight is 294 g/mol. The molecule has 0 atom stereocenters. The number of rotatable bonds is 5. The molecule has 0 heterocycles. The minimum Gasteiger partial charge on any atom is -0.494 e. The number of aryl methyl sites for hydroxylation is 1. The van der Waals surface area contributed by atoms with Crippen LogP contribution in [0.25, 0.3) is 0 Å². The fourth-order valence-corrected chi connectivity index (χ4v) is 2.11. The van der Waals surface area contributed by atoms with E-state index in [1.165, 1.54) is 6.07 Å². The quantitative estimate of drug-likeness (QED) is 0.855. The molecule has 0 unspecified atom stereocenters. The van der Waals surface area contributed by atoms with Crippen LogP contribution in [0.15, 0.2) is 36.4 Å². The van der Waals surface area contributed by atoms with E-state index in [-0.39, 0.29) is 5.82 Å². The molecule has 2 aromatic rings. The van der Waals surface area contributed by atoms with Gasteiger partial charge in [0, 0.05) is 22.8 Å². The van der Waals surface area contributed by atoms with Crippen LogP contribution < -0.4 is 10.1 Å². The molecule has 4 heteroatoms. The second-order valence-corrected chi connectivity index (χ2v) is 4.94. The Bertz CT molecular complexity index is 601. The Labute approximate surface area is 123 Å². The van der Waals surface area contributed by atoms with Gasteiger partial charge < -0.3 is 10.1 Å². The summed E-state index contributed by atoms with van der Waals surface area (Å²) in [5.74, 6) is 0.543. The fourth-order valence-electron chi connectivity index (χ4n) is 1.95. The third-order valence-corrected chi connectivity index (χ3v) is 3.23. The molecule has 0 bridgehead atoms. The van der Waals surface area contributed by atoms with E-state index in [9.17, 15) is 4.39 Å². The van der Waals surface area contributed by atoms with Gasteiger partial charge in [0.25, 0.3) is 0 Å². The number of halogens is 2. The Balaban J connectivity index is 2.07. The average Bonchev–Trinajstić information content (AvgIpc) is 2.40. The van der Waals surface area contributed by atoms with Crippen molar-refractivity contribution < 1.29 is 9.13 Å². The molecule has 0 saturated heterocycles. The number of nitrogens with one attached hydrogen (secondary N) is 1. The highest BCUT2D eigenvalue weighted by molar-refractivity contribution is 6.30. The van der Waals surface area contributed by atoms with Gasteiger partial charge in [-0.2, -0.15) is 0 Å². The van der Waals surface area contributed by atoms with Crippen molar-refractivity contribution in [3.63, 3.8) is 0 Å². The Kier molecular flexibility index (Phi) is 4.85. The first kappa shape index (κ1) is 14.7. The van der Waals surface area contributed by atoms with Gasteiger partial charge in [-0.1, -0.05) is 17.7 Å². The van der Waals surface area contributed by atoms with E-state index in [2.05, 4.69) is 5.32 Å². The van der Waals surface area contributed by atoms with E-state index in [0.717, 1.165) is 17.0 Å². The third-order valence-electron chi connectivity index (χ3n) is 2.99. The number of hydrogen-bond acceptors (Lipinski definition) is 2. The molecule has 0 aliphatic rings. The molecule has 2 nitrogen and oxygen atoms in total. The summed E-state index contributed by atoms with van der Waals surface area (Å²) in [5, 5.41) is 3.63. The van der Waals surface area contributed by atoms with Crippen LogP contribution in [0.1, 0.15) is 18.1 Å². The van der Waals surface area contributed by atoms with Crippen LogP contribution in [0.3, 0.4) is 0 Å². The van der Waals surface area contributed by atoms with Gasteiger partial charge in [-0.3, -0.25) is 0 Å². The summed E-state index contributed by atoms with van der Waals surface area (Å²) in [4.78, 5) is 0. The van der Waals surface area contributed by atoms with Gasteiger partial charge in [-0.15, -0.1) is 0 Å². The van der Waals surface area contributed by atoms with Gasteiger partial charge in [-0.05, 0) is 49.7 Å². The van der Waals surface area contributed by atoms with Gasteiger partial charge in [0.15, 0.2) is 0 Å². The lowest BCUT2D eigenvalue weighted by atomic mass is 10.1. The van der Waals surface area contributed by atoms with E-state index in [1.54, 1.807) is 12.1 Å². The lowest BCUT2D eigenvalue weighted by Gasteiger charge is -2.12. The lowest BCUT2D eigenvalue weighted by molar-refractivity contribution is 0.340. The lowest BCUT2D eigenvalue weighted by Crippen LogP contribution is -2.03. The Morgan fingerprint density at radius 2 is 2.00 bits per heavy atom. The molecule has 0 radical (unpaired) electrons. The molecule has 20 heavy (non-hydrogen) atoms. The molecule has 106 valence electrons. The minimum absolute atomic E-state index is 0.298. The van der Waals surface area contributed by atoms with Gasteiger partial charge >= 0.3 is 0 Å².